The Balaban J connectivity index is 1.39. The minimum absolute atomic E-state index is 0.0271. The van der Waals surface area contributed by atoms with E-state index in [0.29, 0.717) is 11.5 Å². The summed E-state index contributed by atoms with van der Waals surface area (Å²) < 4.78 is 119. The fourth-order valence-corrected chi connectivity index (χ4v) is 11.3. The number of aromatic amines is 1. The fraction of sp³-hybridized carbons (Fsp3) is 0.472. The van der Waals surface area contributed by atoms with Crippen LogP contribution in [-0.2, 0) is 38.3 Å². The van der Waals surface area contributed by atoms with E-state index in [9.17, 15) is 55.6 Å². The maximum absolute atomic E-state index is 14.0. The number of fused-ring (bicyclic) bond motifs is 2. The second-order valence-corrected chi connectivity index (χ2v) is 20.2. The molecule has 4 N–H and O–H groups in total. The third-order valence-corrected chi connectivity index (χ3v) is 15.1. The van der Waals surface area contributed by atoms with Gasteiger partial charge in [-0.05, 0) is 94.3 Å². The molecule has 6 atom stereocenters. The molecule has 0 spiro atoms. The number of carbonyl (C=O) groups is 3. The zero-order chi connectivity index (χ0) is 57.0. The largest absolute Gasteiger partial charge is 0.497 e. The van der Waals surface area contributed by atoms with Crippen LogP contribution in [0.1, 0.15) is 88.3 Å². The predicted molar refractivity (Wildman–Crippen MR) is 272 cm³/mol. The summed E-state index contributed by atoms with van der Waals surface area (Å²) in [5.74, 6) is 0.460. The topological polar surface area (TPSA) is 225 Å². The molecule has 0 radical (unpaired) electrons. The van der Waals surface area contributed by atoms with Crippen LogP contribution in [0.2, 0.25) is 0 Å². The molecule has 5 unspecified atom stereocenters. The normalized spacial score (nSPS) is 18.9. The number of nitrogens with zero attached hydrogens (tertiary/aromatic N) is 3. The Morgan fingerprint density at radius 2 is 1.45 bits per heavy atom. The minimum Gasteiger partial charge on any atom is -0.497 e. The second kappa shape index (κ2) is 26.2. The lowest BCUT2D eigenvalue weighted by Crippen LogP contribution is -2.50. The fourth-order valence-electron chi connectivity index (χ4n) is 9.47. The molecule has 3 heterocycles. The van der Waals surface area contributed by atoms with Crippen molar-refractivity contribution in [3.05, 3.63) is 128 Å². The molecule has 0 saturated carbocycles. The molecule has 2 aliphatic rings. The first-order valence-corrected chi connectivity index (χ1v) is 25.9. The molecule has 2 saturated heterocycles. The molecular weight excluding hydrogens is 1060 g/mol. The van der Waals surface area contributed by atoms with Crippen LogP contribution in [0.3, 0.4) is 0 Å². The summed E-state index contributed by atoms with van der Waals surface area (Å²) in [6.45, 7) is 6.76. The van der Waals surface area contributed by atoms with Gasteiger partial charge in [0.25, 0.3) is 14.1 Å². The summed E-state index contributed by atoms with van der Waals surface area (Å²) in [6.07, 6.45) is -13.5. The van der Waals surface area contributed by atoms with E-state index in [4.69, 9.17) is 28.0 Å². The van der Waals surface area contributed by atoms with Gasteiger partial charge in [-0.25, -0.2) is 9.46 Å². The number of aromatic nitrogens is 2. The molecule has 3 aromatic carbocycles. The van der Waals surface area contributed by atoms with E-state index in [1.54, 1.807) is 24.9 Å². The number of hydrogen-bond acceptors (Lipinski definition) is 13. The first-order chi connectivity index (χ1) is 37.0. The first-order valence-electron chi connectivity index (χ1n) is 24.7. The highest BCUT2D eigenvalue weighted by Gasteiger charge is 2.66. The van der Waals surface area contributed by atoms with Crippen molar-refractivity contribution in [1.29, 1.82) is 5.26 Å². The van der Waals surface area contributed by atoms with E-state index < -0.39 is 105 Å². The standard InChI is InChI=1S/C53H60F6N7O11P/c1-33(2)66(34(3)4)78(75-29-13-26-60)77-43-42-46(76-50(43,32-74-42)31-51(36-15-8-7-9-16-36,37-18-22-39(72-5)23-19-37)38-20-24-40(73-6)25-21-38)65-30-35(44(67)64-49(65)71)14-12-28-61-45(68)41(63-48(70)53(57,58)59)17-10-11-27-62-47(69)52(54,55)56/h7-9,15-16,18-25,30,33-34,41-43,46H,10-11,13,17,27-29,31-32H2,1-6H3,(H,61,68)(H,62,69)(H,63,70)(H,64,67,71)/t41?,42?,43?,46-,50?,78?/m1/s1. The lowest BCUT2D eigenvalue weighted by molar-refractivity contribution is -0.180. The summed E-state index contributed by atoms with van der Waals surface area (Å²) >= 11 is 0. The Bertz CT molecular complexity index is 2870. The van der Waals surface area contributed by atoms with E-state index in [1.807, 2.05) is 111 Å². The van der Waals surface area contributed by atoms with Crippen LogP contribution in [0.15, 0.2) is 94.6 Å². The second-order valence-electron chi connectivity index (χ2n) is 18.8. The van der Waals surface area contributed by atoms with Gasteiger partial charge in [0.1, 0.15) is 40.9 Å². The number of unbranched alkanes of at least 4 members (excludes halogenated alkanes) is 1. The third kappa shape index (κ3) is 14.3. The van der Waals surface area contributed by atoms with Crippen LogP contribution < -0.4 is 36.7 Å². The van der Waals surface area contributed by atoms with Gasteiger partial charge in [-0.15, -0.1) is 0 Å². The van der Waals surface area contributed by atoms with E-state index in [0.717, 1.165) is 27.5 Å². The number of halogens is 6. The highest BCUT2D eigenvalue weighted by atomic mass is 31.2. The van der Waals surface area contributed by atoms with E-state index in [1.165, 1.54) is 0 Å². The number of alkyl halides is 6. The Labute approximate surface area is 447 Å². The number of methoxy groups -OCH3 is 2. The van der Waals surface area contributed by atoms with E-state index in [2.05, 4.69) is 28.2 Å². The average Bonchev–Trinajstić information content (AvgIpc) is 4.11. The summed E-state index contributed by atoms with van der Waals surface area (Å²) in [5, 5.41) is 15.0. The van der Waals surface area contributed by atoms with Gasteiger partial charge in [0, 0.05) is 30.2 Å². The van der Waals surface area contributed by atoms with E-state index in [-0.39, 0.29) is 56.5 Å². The first kappa shape index (κ1) is 60.4. The predicted octanol–water partition coefficient (Wildman–Crippen LogP) is 6.67. The van der Waals surface area contributed by atoms with Crippen molar-refractivity contribution < 1.29 is 68.7 Å². The van der Waals surface area contributed by atoms with Crippen molar-refractivity contribution in [3.8, 4) is 29.4 Å². The van der Waals surface area contributed by atoms with Gasteiger partial charge in [-0.3, -0.25) is 28.7 Å². The van der Waals surface area contributed by atoms with Gasteiger partial charge in [0.15, 0.2) is 6.23 Å². The molecule has 2 aliphatic heterocycles. The van der Waals surface area contributed by atoms with Crippen LogP contribution in [0, 0.1) is 23.2 Å². The highest BCUT2D eigenvalue weighted by Crippen LogP contribution is 2.59. The lowest BCUT2D eigenvalue weighted by atomic mass is 9.63. The monoisotopic (exact) mass is 1120 g/mol. The van der Waals surface area contributed by atoms with Crippen LogP contribution in [-0.4, -0.2) is 121 Å². The zero-order valence-corrected chi connectivity index (χ0v) is 44.4. The van der Waals surface area contributed by atoms with Gasteiger partial charge in [0.05, 0.1) is 46.5 Å². The zero-order valence-electron chi connectivity index (χ0n) is 43.5. The minimum atomic E-state index is -5.39. The van der Waals surface area contributed by atoms with Crippen molar-refractivity contribution >= 4 is 26.2 Å². The average molecular weight is 1120 g/mol. The van der Waals surface area contributed by atoms with Gasteiger partial charge in [-0.2, -0.15) is 31.6 Å². The number of H-pyrrole nitrogens is 1. The van der Waals surface area contributed by atoms with Gasteiger partial charge in [0.2, 0.25) is 5.91 Å². The SMILES string of the molecule is COc1ccc(C(CC23COC(C2OP(OCCC#N)N(C(C)C)C(C)C)[C@H](n2cc(C#CCNC(=O)C(CCCCNC(=O)C(F)(F)F)NC(=O)C(F)(F)F)c(=O)[nH]c2=O)O3)(c2ccccc2)c2ccc(OC)cc2)cc1. The molecule has 1 aromatic heterocycles. The smallest absolute Gasteiger partial charge is 0.471 e. The molecule has 2 bridgehead atoms. The molecule has 25 heteroatoms. The molecule has 18 nitrogen and oxygen atoms in total. The number of nitrogens with one attached hydrogen (secondary N) is 4. The van der Waals surface area contributed by atoms with Crippen molar-refractivity contribution in [1.82, 2.24) is 30.2 Å². The van der Waals surface area contributed by atoms with Crippen molar-refractivity contribution in [2.24, 2.45) is 0 Å². The number of hydrogen-bond donors (Lipinski definition) is 4. The Kier molecular flexibility index (Phi) is 20.3. The quantitative estimate of drug-likeness (QED) is 0.0189. The molecule has 0 aliphatic carbocycles. The lowest BCUT2D eigenvalue weighted by Gasteiger charge is -2.44. The molecule has 2 fully saturated rings. The number of amides is 3. The van der Waals surface area contributed by atoms with Gasteiger partial charge >= 0.3 is 29.9 Å². The molecule has 78 heavy (non-hydrogen) atoms. The number of benzene rings is 3. The van der Waals surface area contributed by atoms with Crippen molar-refractivity contribution in [3.63, 3.8) is 0 Å². The van der Waals surface area contributed by atoms with Crippen LogP contribution in [0.5, 0.6) is 11.5 Å². The maximum atomic E-state index is 14.0. The number of rotatable bonds is 24. The van der Waals surface area contributed by atoms with Crippen LogP contribution >= 0.6 is 8.53 Å². The maximum Gasteiger partial charge on any atom is 0.471 e. The highest BCUT2D eigenvalue weighted by molar-refractivity contribution is 7.44. The van der Waals surface area contributed by atoms with Crippen LogP contribution in [0.25, 0.3) is 0 Å². The number of nitriles is 1. The van der Waals surface area contributed by atoms with Crippen LogP contribution in [0.4, 0.5) is 26.3 Å². The summed E-state index contributed by atoms with van der Waals surface area (Å²) in [6, 6.07) is 24.9. The van der Waals surface area contributed by atoms with Gasteiger partial charge in [-0.1, -0.05) is 66.4 Å². The van der Waals surface area contributed by atoms with E-state index >= 15 is 0 Å². The van der Waals surface area contributed by atoms with Crippen molar-refractivity contribution in [2.45, 2.75) is 120 Å². The molecule has 420 valence electrons. The summed E-state index contributed by atoms with van der Waals surface area (Å²) in [4.78, 5) is 65.7. The number of ether oxygens (including phenoxy) is 4. The summed E-state index contributed by atoms with van der Waals surface area (Å²) in [5.41, 5.74) is -2.22. The molecule has 3 amide bonds. The number of carbonyl (C=O) groups excluding carboxylic acids is 3. The Morgan fingerprint density at radius 1 is 0.859 bits per heavy atom. The van der Waals surface area contributed by atoms with Crippen molar-refractivity contribution in [2.75, 3.05) is 40.5 Å². The Morgan fingerprint density at radius 3 is 2.00 bits per heavy atom. The Hall–Kier alpha value is -6.79. The summed E-state index contributed by atoms with van der Waals surface area (Å²) in [7, 11) is 1.14. The van der Waals surface area contributed by atoms with Gasteiger partial charge < -0.3 is 43.9 Å². The third-order valence-electron chi connectivity index (χ3n) is 13.0. The molecular formula is C53H60F6N7O11P. The molecule has 4 aromatic rings. The molecule has 6 rings (SSSR count).